The number of nitrogens with zero attached hydrogens (tertiary/aromatic N) is 3. The summed E-state index contributed by atoms with van der Waals surface area (Å²) in [5, 5.41) is 11.3. The molecule has 32 heavy (non-hydrogen) atoms. The van der Waals surface area contributed by atoms with Crippen LogP contribution in [0.3, 0.4) is 0 Å². The summed E-state index contributed by atoms with van der Waals surface area (Å²) in [6.45, 7) is 1.94. The molecule has 2 N–H and O–H groups in total. The zero-order valence-electron chi connectivity index (χ0n) is 17.3. The lowest BCUT2D eigenvalue weighted by Gasteiger charge is -2.24. The molecular weight excluding hydrogens is 422 g/mol. The summed E-state index contributed by atoms with van der Waals surface area (Å²) in [5.74, 6) is 0.483. The summed E-state index contributed by atoms with van der Waals surface area (Å²) in [7, 11) is 0. The Labute approximate surface area is 190 Å². The largest absolute Gasteiger partial charge is 0.324 e. The average molecular weight is 442 g/mol. The molecule has 1 aromatic heterocycles. The van der Waals surface area contributed by atoms with Crippen LogP contribution in [0.1, 0.15) is 33.1 Å². The maximum Gasteiger partial charge on any atom is 0.258 e. The Hall–Kier alpha value is -3.90. The molecule has 6 nitrogen and oxygen atoms in total. The number of hydrogen-bond acceptors (Lipinski definition) is 4. The van der Waals surface area contributed by atoms with E-state index in [0.717, 1.165) is 22.4 Å². The molecule has 1 amide bonds. The van der Waals surface area contributed by atoms with Crippen molar-refractivity contribution in [1.29, 1.82) is 0 Å². The Morgan fingerprint density at radius 3 is 2.59 bits per heavy atom. The fourth-order valence-electron chi connectivity index (χ4n) is 3.73. The molecule has 0 aliphatic carbocycles. The first-order valence-electron chi connectivity index (χ1n) is 10.2. The minimum Gasteiger partial charge on any atom is -0.324 e. The quantitative estimate of drug-likeness (QED) is 0.435. The molecule has 1 aliphatic heterocycles. The van der Waals surface area contributed by atoms with Crippen LogP contribution in [-0.2, 0) is 0 Å². The highest BCUT2D eigenvalue weighted by Gasteiger charge is 2.27. The lowest BCUT2D eigenvalue weighted by atomic mass is 10.0. The van der Waals surface area contributed by atoms with Gasteiger partial charge in [-0.2, -0.15) is 4.98 Å². The van der Waals surface area contributed by atoms with Crippen LogP contribution in [-0.4, -0.2) is 20.7 Å². The summed E-state index contributed by atoms with van der Waals surface area (Å²) >= 11 is 6.52. The number of rotatable bonds is 4. The van der Waals surface area contributed by atoms with Gasteiger partial charge in [0.25, 0.3) is 11.9 Å². The minimum absolute atomic E-state index is 0.221. The van der Waals surface area contributed by atoms with Crippen LogP contribution in [0.25, 0.3) is 5.70 Å². The topological polar surface area (TPSA) is 71.8 Å². The molecule has 1 aliphatic rings. The van der Waals surface area contributed by atoms with E-state index in [2.05, 4.69) is 26.8 Å². The second-order valence-electron chi connectivity index (χ2n) is 7.56. The van der Waals surface area contributed by atoms with Crippen LogP contribution in [0.5, 0.6) is 0 Å². The van der Waals surface area contributed by atoms with Gasteiger partial charge in [-0.15, -0.1) is 5.10 Å². The second-order valence-corrected chi connectivity index (χ2v) is 7.97. The second kappa shape index (κ2) is 8.32. The van der Waals surface area contributed by atoms with Gasteiger partial charge in [0.2, 0.25) is 5.95 Å². The highest BCUT2D eigenvalue weighted by molar-refractivity contribution is 6.31. The molecule has 0 radical (unpaired) electrons. The van der Waals surface area contributed by atoms with E-state index in [9.17, 15) is 4.79 Å². The molecule has 1 unspecified atom stereocenters. The summed E-state index contributed by atoms with van der Waals surface area (Å²) in [4.78, 5) is 17.3. The van der Waals surface area contributed by atoms with Crippen molar-refractivity contribution in [2.75, 3.05) is 10.6 Å². The Kier molecular flexibility index (Phi) is 5.21. The van der Waals surface area contributed by atoms with E-state index in [-0.39, 0.29) is 17.9 Å². The van der Waals surface area contributed by atoms with Gasteiger partial charge in [0.1, 0.15) is 6.04 Å². The van der Waals surface area contributed by atoms with E-state index < -0.39 is 0 Å². The molecule has 4 aromatic rings. The molecule has 0 bridgehead atoms. The number of allylic oxidation sites excluding steroid dienone is 1. The number of fused-ring (bicyclic) bond motifs is 1. The maximum absolute atomic E-state index is 12.7. The predicted octanol–water partition coefficient (Wildman–Crippen LogP) is 5.55. The summed E-state index contributed by atoms with van der Waals surface area (Å²) in [6.07, 6.45) is 2.06. The van der Waals surface area contributed by atoms with Crippen molar-refractivity contribution in [1.82, 2.24) is 14.8 Å². The average Bonchev–Trinajstić information content (AvgIpc) is 3.22. The molecule has 0 saturated heterocycles. The Balaban J connectivity index is 1.53. The number of nitrogens with one attached hydrogen (secondary N) is 2. The molecule has 7 heteroatoms. The van der Waals surface area contributed by atoms with Gasteiger partial charge in [0.05, 0.1) is 0 Å². The van der Waals surface area contributed by atoms with E-state index in [1.165, 1.54) is 0 Å². The number of halogens is 1. The number of aromatic nitrogens is 3. The SMILES string of the molecule is Cc1cccc(C(=O)Nc2nc3n(n2)C(c2ccccc2Cl)C=C(c2ccccc2)N3)c1. The molecule has 0 fully saturated rings. The van der Waals surface area contributed by atoms with Gasteiger partial charge in [0.15, 0.2) is 0 Å². The summed E-state index contributed by atoms with van der Waals surface area (Å²) in [6, 6.07) is 24.7. The number of carbonyl (C=O) groups excluding carboxylic acids is 1. The molecule has 5 rings (SSSR count). The monoisotopic (exact) mass is 441 g/mol. The van der Waals surface area contributed by atoms with E-state index in [0.29, 0.717) is 16.5 Å². The Bertz CT molecular complexity index is 1330. The first-order valence-corrected chi connectivity index (χ1v) is 10.6. The van der Waals surface area contributed by atoms with Crippen LogP contribution in [0.2, 0.25) is 5.02 Å². The number of benzene rings is 3. The Morgan fingerprint density at radius 2 is 1.81 bits per heavy atom. The fourth-order valence-corrected chi connectivity index (χ4v) is 3.98. The molecule has 158 valence electrons. The predicted molar refractivity (Wildman–Crippen MR) is 127 cm³/mol. The van der Waals surface area contributed by atoms with Crippen molar-refractivity contribution in [3.63, 3.8) is 0 Å². The smallest absolute Gasteiger partial charge is 0.258 e. The summed E-state index contributed by atoms with van der Waals surface area (Å²) in [5.41, 5.74) is 4.37. The number of aryl methyl sites for hydroxylation is 1. The molecule has 0 saturated carbocycles. The van der Waals surface area contributed by atoms with E-state index in [4.69, 9.17) is 11.6 Å². The number of amides is 1. The third-order valence-corrected chi connectivity index (χ3v) is 5.62. The van der Waals surface area contributed by atoms with Gasteiger partial charge >= 0.3 is 0 Å². The third-order valence-electron chi connectivity index (χ3n) is 5.28. The number of anilines is 2. The lowest BCUT2D eigenvalue weighted by Crippen LogP contribution is -2.20. The number of carbonyl (C=O) groups is 1. The zero-order valence-corrected chi connectivity index (χ0v) is 18.0. The van der Waals surface area contributed by atoms with Crippen molar-refractivity contribution >= 4 is 35.1 Å². The van der Waals surface area contributed by atoms with Gasteiger partial charge in [-0.05, 0) is 42.3 Å². The van der Waals surface area contributed by atoms with Crippen LogP contribution in [0, 0.1) is 6.92 Å². The molecule has 0 spiro atoms. The van der Waals surface area contributed by atoms with Crippen LogP contribution in [0.4, 0.5) is 11.9 Å². The minimum atomic E-state index is -0.285. The van der Waals surface area contributed by atoms with E-state index in [1.807, 2.05) is 79.7 Å². The standard InChI is InChI=1S/C25H20ClN5O/c1-16-8-7-11-18(14-16)23(32)28-24-29-25-27-21(17-9-3-2-4-10-17)15-22(31(25)30-24)19-12-5-6-13-20(19)26/h2-15,22H,1H3,(H2,27,28,29,30,32). The Morgan fingerprint density at radius 1 is 1.03 bits per heavy atom. The van der Waals surface area contributed by atoms with Gasteiger partial charge < -0.3 is 5.32 Å². The number of hydrogen-bond donors (Lipinski definition) is 2. The molecule has 3 aromatic carbocycles. The fraction of sp³-hybridized carbons (Fsp3) is 0.0800. The van der Waals surface area contributed by atoms with Crippen LogP contribution in [0.15, 0.2) is 84.9 Å². The molecule has 1 atom stereocenters. The van der Waals surface area contributed by atoms with E-state index in [1.54, 1.807) is 10.7 Å². The van der Waals surface area contributed by atoms with Crippen molar-refractivity contribution in [3.05, 3.63) is 112 Å². The van der Waals surface area contributed by atoms with Crippen LogP contribution < -0.4 is 10.6 Å². The normalized spacial score (nSPS) is 14.8. The van der Waals surface area contributed by atoms with Gasteiger partial charge in [-0.3, -0.25) is 10.1 Å². The molecular formula is C25H20ClN5O. The van der Waals surface area contributed by atoms with Gasteiger partial charge in [0, 0.05) is 16.3 Å². The van der Waals surface area contributed by atoms with Crippen molar-refractivity contribution in [3.8, 4) is 0 Å². The van der Waals surface area contributed by atoms with Gasteiger partial charge in [-0.25, -0.2) is 4.68 Å². The molecule has 2 heterocycles. The van der Waals surface area contributed by atoms with Gasteiger partial charge in [-0.1, -0.05) is 77.8 Å². The third kappa shape index (κ3) is 3.88. The van der Waals surface area contributed by atoms with Crippen LogP contribution >= 0.6 is 11.6 Å². The van der Waals surface area contributed by atoms with Crippen molar-refractivity contribution in [2.24, 2.45) is 0 Å². The van der Waals surface area contributed by atoms with Crippen molar-refractivity contribution < 1.29 is 4.79 Å². The maximum atomic E-state index is 12.7. The lowest BCUT2D eigenvalue weighted by molar-refractivity contribution is 0.102. The highest BCUT2D eigenvalue weighted by Crippen LogP contribution is 2.35. The van der Waals surface area contributed by atoms with Crippen molar-refractivity contribution in [2.45, 2.75) is 13.0 Å². The first kappa shape index (κ1) is 20.0. The highest BCUT2D eigenvalue weighted by atomic mass is 35.5. The summed E-state index contributed by atoms with van der Waals surface area (Å²) < 4.78 is 1.74. The van der Waals surface area contributed by atoms with E-state index >= 15 is 0 Å². The zero-order chi connectivity index (χ0) is 22.1. The first-order chi connectivity index (χ1) is 15.6.